The van der Waals surface area contributed by atoms with Crippen molar-refractivity contribution in [3.05, 3.63) is 71.8 Å². The molecule has 0 spiro atoms. The Morgan fingerprint density at radius 3 is 2.70 bits per heavy atom. The highest BCUT2D eigenvalue weighted by Crippen LogP contribution is 2.18. The van der Waals surface area contributed by atoms with Gasteiger partial charge in [0, 0.05) is 30.1 Å². The number of nitrogens with one attached hydrogen (secondary N) is 1. The molecule has 0 atom stereocenters. The molecule has 0 radical (unpaired) electrons. The molecule has 23 heavy (non-hydrogen) atoms. The van der Waals surface area contributed by atoms with Gasteiger partial charge >= 0.3 is 0 Å². The van der Waals surface area contributed by atoms with Gasteiger partial charge in [-0.1, -0.05) is 31.2 Å². The molecule has 116 valence electrons. The van der Waals surface area contributed by atoms with Crippen molar-refractivity contribution in [3.8, 4) is 11.3 Å². The van der Waals surface area contributed by atoms with E-state index in [1.165, 1.54) is 5.56 Å². The third-order valence-electron chi connectivity index (χ3n) is 3.61. The van der Waals surface area contributed by atoms with Crippen molar-refractivity contribution in [3.63, 3.8) is 0 Å². The molecule has 0 bridgehead atoms. The summed E-state index contributed by atoms with van der Waals surface area (Å²) in [4.78, 5) is 13.2. The Bertz CT molecular complexity index is 784. The fourth-order valence-electron chi connectivity index (χ4n) is 2.47. The molecule has 3 aromatic rings. The van der Waals surface area contributed by atoms with Crippen LogP contribution < -0.4 is 5.32 Å². The van der Waals surface area contributed by atoms with Crippen LogP contribution in [-0.2, 0) is 13.0 Å². The molecule has 4 heteroatoms. The number of hydrogen-bond acceptors (Lipinski definition) is 4. The summed E-state index contributed by atoms with van der Waals surface area (Å²) in [6.45, 7) is 4.74. The zero-order chi connectivity index (χ0) is 16.1. The van der Waals surface area contributed by atoms with Crippen LogP contribution in [0.5, 0.6) is 0 Å². The van der Waals surface area contributed by atoms with E-state index in [9.17, 15) is 0 Å². The molecule has 2 heterocycles. The normalized spacial score (nSPS) is 10.5. The fourth-order valence-corrected chi connectivity index (χ4v) is 2.47. The van der Waals surface area contributed by atoms with Crippen molar-refractivity contribution < 1.29 is 0 Å². The molecule has 0 aliphatic carbocycles. The van der Waals surface area contributed by atoms with Gasteiger partial charge in [-0.25, -0.2) is 9.97 Å². The predicted octanol–water partition coefficient (Wildman–Crippen LogP) is 4.02. The monoisotopic (exact) mass is 304 g/mol. The topological polar surface area (TPSA) is 50.7 Å². The Labute approximate surface area is 136 Å². The quantitative estimate of drug-likeness (QED) is 0.773. The average Bonchev–Trinajstić information content (AvgIpc) is 2.60. The average molecular weight is 304 g/mol. The third-order valence-corrected chi connectivity index (χ3v) is 3.61. The van der Waals surface area contributed by atoms with Crippen LogP contribution in [0.3, 0.4) is 0 Å². The van der Waals surface area contributed by atoms with Crippen LogP contribution in [-0.4, -0.2) is 15.0 Å². The zero-order valence-corrected chi connectivity index (χ0v) is 13.5. The summed E-state index contributed by atoms with van der Waals surface area (Å²) in [7, 11) is 0. The number of nitrogens with zero attached hydrogens (tertiary/aromatic N) is 3. The van der Waals surface area contributed by atoms with Gasteiger partial charge in [0.05, 0.1) is 5.69 Å². The number of aryl methyl sites for hydroxylation is 2. The highest BCUT2D eigenvalue weighted by Gasteiger charge is 2.03. The lowest BCUT2D eigenvalue weighted by Crippen LogP contribution is -2.05. The first-order valence-corrected chi connectivity index (χ1v) is 7.83. The van der Waals surface area contributed by atoms with E-state index in [0.29, 0.717) is 0 Å². The van der Waals surface area contributed by atoms with Crippen LogP contribution in [0.15, 0.2) is 54.7 Å². The lowest BCUT2D eigenvalue weighted by Gasteiger charge is -2.09. The Balaban J connectivity index is 1.75. The van der Waals surface area contributed by atoms with Crippen LogP contribution in [0.25, 0.3) is 11.3 Å². The molecule has 1 N–H and O–H groups in total. The van der Waals surface area contributed by atoms with Crippen molar-refractivity contribution in [2.24, 2.45) is 0 Å². The SMILES string of the molecule is CCc1cc(NCc2cccc(-c3ccccn3)c2)nc(C)n1. The first kappa shape index (κ1) is 15.2. The minimum Gasteiger partial charge on any atom is -0.366 e. The number of benzene rings is 1. The molecule has 1 aromatic carbocycles. The predicted molar refractivity (Wildman–Crippen MR) is 93.1 cm³/mol. The largest absolute Gasteiger partial charge is 0.366 e. The fraction of sp³-hybridized carbons (Fsp3) is 0.211. The number of rotatable bonds is 5. The summed E-state index contributed by atoms with van der Waals surface area (Å²) in [6, 6.07) is 16.4. The molecule has 4 nitrogen and oxygen atoms in total. The van der Waals surface area contributed by atoms with Crippen molar-refractivity contribution >= 4 is 5.82 Å². The van der Waals surface area contributed by atoms with E-state index in [0.717, 1.165) is 41.6 Å². The van der Waals surface area contributed by atoms with Gasteiger partial charge < -0.3 is 5.32 Å². The summed E-state index contributed by atoms with van der Waals surface area (Å²) in [5.74, 6) is 1.67. The van der Waals surface area contributed by atoms with Crippen LogP contribution in [0.2, 0.25) is 0 Å². The molecule has 0 saturated carbocycles. The molecule has 0 saturated heterocycles. The lowest BCUT2D eigenvalue weighted by molar-refractivity contribution is 0.941. The van der Waals surface area contributed by atoms with E-state index in [4.69, 9.17) is 0 Å². The second-order valence-electron chi connectivity index (χ2n) is 5.41. The second kappa shape index (κ2) is 7.01. The van der Waals surface area contributed by atoms with Crippen molar-refractivity contribution in [2.45, 2.75) is 26.8 Å². The van der Waals surface area contributed by atoms with Gasteiger partial charge in [0.25, 0.3) is 0 Å². The number of pyridine rings is 1. The molecule has 0 aliphatic rings. The summed E-state index contributed by atoms with van der Waals surface area (Å²) in [5, 5.41) is 3.38. The molecule has 0 aliphatic heterocycles. The van der Waals surface area contributed by atoms with Crippen LogP contribution in [0.1, 0.15) is 24.0 Å². The smallest absolute Gasteiger partial charge is 0.130 e. The minimum absolute atomic E-state index is 0.723. The number of anilines is 1. The summed E-state index contributed by atoms with van der Waals surface area (Å²) in [5.41, 5.74) is 4.36. The minimum atomic E-state index is 0.723. The molecule has 2 aromatic heterocycles. The van der Waals surface area contributed by atoms with Crippen LogP contribution >= 0.6 is 0 Å². The van der Waals surface area contributed by atoms with E-state index in [-0.39, 0.29) is 0 Å². The molecule has 0 amide bonds. The highest BCUT2D eigenvalue weighted by molar-refractivity contribution is 5.59. The van der Waals surface area contributed by atoms with Crippen LogP contribution in [0, 0.1) is 6.92 Å². The van der Waals surface area contributed by atoms with Gasteiger partial charge in [0.1, 0.15) is 11.6 Å². The van der Waals surface area contributed by atoms with E-state index in [1.54, 1.807) is 0 Å². The lowest BCUT2D eigenvalue weighted by atomic mass is 10.1. The Kier molecular flexibility index (Phi) is 4.62. The Morgan fingerprint density at radius 1 is 1.00 bits per heavy atom. The van der Waals surface area contributed by atoms with Gasteiger partial charge in [-0.2, -0.15) is 0 Å². The zero-order valence-electron chi connectivity index (χ0n) is 13.5. The van der Waals surface area contributed by atoms with Gasteiger partial charge in [0.15, 0.2) is 0 Å². The van der Waals surface area contributed by atoms with Crippen molar-refractivity contribution in [1.29, 1.82) is 0 Å². The third kappa shape index (κ3) is 3.92. The molecule has 0 fully saturated rings. The molecular weight excluding hydrogens is 284 g/mol. The van der Waals surface area contributed by atoms with Crippen LogP contribution in [0.4, 0.5) is 5.82 Å². The van der Waals surface area contributed by atoms with Gasteiger partial charge in [-0.05, 0) is 37.1 Å². The maximum atomic E-state index is 4.44. The van der Waals surface area contributed by atoms with E-state index < -0.39 is 0 Å². The molecule has 3 rings (SSSR count). The summed E-state index contributed by atoms with van der Waals surface area (Å²) < 4.78 is 0. The first-order valence-electron chi connectivity index (χ1n) is 7.83. The maximum absolute atomic E-state index is 4.44. The molecular formula is C19H20N4. The maximum Gasteiger partial charge on any atom is 0.130 e. The number of aromatic nitrogens is 3. The first-order chi connectivity index (χ1) is 11.2. The Morgan fingerprint density at radius 2 is 1.91 bits per heavy atom. The molecule has 0 unspecified atom stereocenters. The van der Waals surface area contributed by atoms with E-state index in [1.807, 2.05) is 37.4 Å². The summed E-state index contributed by atoms with van der Waals surface area (Å²) in [6.07, 6.45) is 2.73. The van der Waals surface area contributed by atoms with Gasteiger partial charge in [0.2, 0.25) is 0 Å². The van der Waals surface area contributed by atoms with Gasteiger partial charge in [-0.15, -0.1) is 0 Å². The van der Waals surface area contributed by atoms with Gasteiger partial charge in [-0.3, -0.25) is 4.98 Å². The van der Waals surface area contributed by atoms with E-state index in [2.05, 4.69) is 51.5 Å². The summed E-state index contributed by atoms with van der Waals surface area (Å²) >= 11 is 0. The second-order valence-corrected chi connectivity index (χ2v) is 5.41. The van der Waals surface area contributed by atoms with Crippen molar-refractivity contribution in [1.82, 2.24) is 15.0 Å². The number of hydrogen-bond donors (Lipinski definition) is 1. The van der Waals surface area contributed by atoms with Crippen molar-refractivity contribution in [2.75, 3.05) is 5.32 Å². The standard InChI is InChI=1S/C19H20N4/c1-3-17-12-19(23-14(2)22-17)21-13-15-7-6-8-16(11-15)18-9-4-5-10-20-18/h4-12H,3,13H2,1-2H3,(H,21,22,23). The Hall–Kier alpha value is -2.75. The van der Waals surface area contributed by atoms with E-state index >= 15 is 0 Å². The highest BCUT2D eigenvalue weighted by atomic mass is 15.0.